The van der Waals surface area contributed by atoms with E-state index in [1.165, 1.54) is 5.56 Å². The lowest BCUT2D eigenvalue weighted by Crippen LogP contribution is -2.31. The minimum absolute atomic E-state index is 0.00830. The molecule has 0 saturated heterocycles. The van der Waals surface area contributed by atoms with Gasteiger partial charge in [0.2, 0.25) is 10.0 Å². The third kappa shape index (κ3) is 6.14. The van der Waals surface area contributed by atoms with Gasteiger partial charge in [0.05, 0.1) is 5.75 Å². The summed E-state index contributed by atoms with van der Waals surface area (Å²) in [5.41, 5.74) is 3.05. The Labute approximate surface area is 139 Å². The van der Waals surface area contributed by atoms with Crippen molar-refractivity contribution >= 4 is 10.0 Å². The molecule has 0 saturated carbocycles. The van der Waals surface area contributed by atoms with E-state index in [9.17, 15) is 8.42 Å². The lowest BCUT2D eigenvalue weighted by Gasteiger charge is -2.13. The number of benzene rings is 2. The van der Waals surface area contributed by atoms with E-state index >= 15 is 0 Å². The number of sulfonamides is 1. The van der Waals surface area contributed by atoms with E-state index in [0.29, 0.717) is 6.54 Å². The Balaban J connectivity index is 2.00. The zero-order valence-corrected chi connectivity index (χ0v) is 14.4. The van der Waals surface area contributed by atoms with Crippen LogP contribution < -0.4 is 10.0 Å². The Bertz CT molecular complexity index is 713. The van der Waals surface area contributed by atoms with Crippen molar-refractivity contribution in [2.75, 3.05) is 0 Å². The van der Waals surface area contributed by atoms with Crippen molar-refractivity contribution < 1.29 is 8.42 Å². The molecule has 4 nitrogen and oxygen atoms in total. The highest BCUT2D eigenvalue weighted by atomic mass is 32.2. The van der Waals surface area contributed by atoms with E-state index < -0.39 is 10.0 Å². The van der Waals surface area contributed by atoms with Gasteiger partial charge >= 0.3 is 0 Å². The fraction of sp³-hybridized carbons (Fsp3) is 0.333. The van der Waals surface area contributed by atoms with Crippen LogP contribution in [0, 0.1) is 0 Å². The molecule has 0 aliphatic rings. The van der Waals surface area contributed by atoms with Crippen molar-refractivity contribution in [3.05, 3.63) is 71.3 Å². The van der Waals surface area contributed by atoms with Crippen LogP contribution in [0.2, 0.25) is 0 Å². The largest absolute Gasteiger partial charge is 0.309 e. The van der Waals surface area contributed by atoms with Crippen LogP contribution in [0.5, 0.6) is 0 Å². The Morgan fingerprint density at radius 2 is 1.48 bits per heavy atom. The van der Waals surface area contributed by atoms with E-state index in [1.807, 2.05) is 56.3 Å². The molecule has 5 heteroatoms. The van der Waals surface area contributed by atoms with Crippen LogP contribution >= 0.6 is 0 Å². The van der Waals surface area contributed by atoms with E-state index in [2.05, 4.69) is 22.2 Å². The smallest absolute Gasteiger partial charge is 0.216 e. The Kier molecular flexibility index (Phi) is 6.33. The highest BCUT2D eigenvalue weighted by Crippen LogP contribution is 2.13. The molecule has 0 aromatic heterocycles. The molecule has 124 valence electrons. The van der Waals surface area contributed by atoms with E-state index in [-0.39, 0.29) is 11.8 Å². The van der Waals surface area contributed by atoms with Crippen molar-refractivity contribution in [1.82, 2.24) is 10.0 Å². The van der Waals surface area contributed by atoms with E-state index in [4.69, 9.17) is 0 Å². The molecule has 0 amide bonds. The van der Waals surface area contributed by atoms with Crippen LogP contribution in [0.15, 0.2) is 54.6 Å². The molecule has 0 fully saturated rings. The van der Waals surface area contributed by atoms with Gasteiger partial charge in [0, 0.05) is 19.1 Å². The van der Waals surface area contributed by atoms with Gasteiger partial charge in [0.15, 0.2) is 0 Å². The number of hydrogen-bond donors (Lipinski definition) is 2. The normalized spacial score (nSPS) is 11.8. The Hall–Kier alpha value is -1.69. The molecule has 0 spiro atoms. The third-order valence-electron chi connectivity index (χ3n) is 3.37. The van der Waals surface area contributed by atoms with Crippen LogP contribution in [0.4, 0.5) is 0 Å². The molecule has 0 atom stereocenters. The van der Waals surface area contributed by atoms with Gasteiger partial charge < -0.3 is 5.32 Å². The van der Waals surface area contributed by atoms with Crippen LogP contribution in [0.1, 0.15) is 30.5 Å². The predicted molar refractivity (Wildman–Crippen MR) is 94.3 cm³/mol. The van der Waals surface area contributed by atoms with Gasteiger partial charge in [-0.15, -0.1) is 0 Å². The summed E-state index contributed by atoms with van der Waals surface area (Å²) in [6.45, 7) is 5.05. The fourth-order valence-corrected chi connectivity index (χ4v) is 3.91. The summed E-state index contributed by atoms with van der Waals surface area (Å²) in [5, 5.41) is 3.37. The molecule has 0 heterocycles. The van der Waals surface area contributed by atoms with Crippen LogP contribution in [-0.4, -0.2) is 14.5 Å². The second-order valence-electron chi connectivity index (χ2n) is 5.89. The van der Waals surface area contributed by atoms with Crippen molar-refractivity contribution in [3.8, 4) is 0 Å². The molecule has 2 N–H and O–H groups in total. The molecule has 0 bridgehead atoms. The lowest BCUT2D eigenvalue weighted by molar-refractivity contribution is 0.568. The van der Waals surface area contributed by atoms with Crippen molar-refractivity contribution in [1.29, 1.82) is 0 Å². The summed E-state index contributed by atoms with van der Waals surface area (Å²) >= 11 is 0. The molecule has 2 rings (SSSR count). The summed E-state index contributed by atoms with van der Waals surface area (Å²) in [6, 6.07) is 17.7. The van der Waals surface area contributed by atoms with Gasteiger partial charge in [-0.1, -0.05) is 54.6 Å². The first-order chi connectivity index (χ1) is 11.0. The second kappa shape index (κ2) is 8.24. The van der Waals surface area contributed by atoms with E-state index in [1.54, 1.807) is 0 Å². The third-order valence-corrected chi connectivity index (χ3v) is 4.89. The first-order valence-electron chi connectivity index (χ1n) is 7.78. The summed E-state index contributed by atoms with van der Waals surface area (Å²) < 4.78 is 26.9. The molecule has 0 unspecified atom stereocenters. The van der Waals surface area contributed by atoms with Crippen LogP contribution in [0.25, 0.3) is 0 Å². The molecule has 0 aliphatic heterocycles. The zero-order valence-electron chi connectivity index (χ0n) is 13.6. The number of nitrogens with one attached hydrogen (secondary N) is 2. The van der Waals surface area contributed by atoms with Gasteiger partial charge in [0.25, 0.3) is 0 Å². The summed E-state index contributed by atoms with van der Waals surface area (Å²) in [7, 11) is -3.31. The van der Waals surface area contributed by atoms with E-state index in [0.717, 1.165) is 17.7 Å². The van der Waals surface area contributed by atoms with Gasteiger partial charge in [-0.25, -0.2) is 13.1 Å². The minimum Gasteiger partial charge on any atom is -0.309 e. The molecule has 0 aliphatic carbocycles. The summed E-state index contributed by atoms with van der Waals surface area (Å²) in [4.78, 5) is 0. The molecular weight excluding hydrogens is 308 g/mol. The molecule has 23 heavy (non-hydrogen) atoms. The maximum absolute atomic E-state index is 12.1. The Morgan fingerprint density at radius 3 is 2.13 bits per heavy atom. The van der Waals surface area contributed by atoms with Crippen molar-refractivity contribution in [3.63, 3.8) is 0 Å². The average Bonchev–Trinajstić information content (AvgIpc) is 2.48. The number of rotatable bonds is 8. The van der Waals surface area contributed by atoms with Gasteiger partial charge in [-0.05, 0) is 30.5 Å². The lowest BCUT2D eigenvalue weighted by atomic mass is 10.1. The second-order valence-corrected chi connectivity index (χ2v) is 7.64. The topological polar surface area (TPSA) is 58.2 Å². The standard InChI is InChI=1S/C18H24N2O2S/c1-15(2)20-23(21,22)14-18-11-7-6-10-17(18)13-19-12-16-8-4-3-5-9-16/h3-11,15,19-20H,12-14H2,1-2H3. The minimum atomic E-state index is -3.31. The Morgan fingerprint density at radius 1 is 0.870 bits per heavy atom. The molecule has 0 radical (unpaired) electrons. The molecular formula is C18H24N2O2S. The highest BCUT2D eigenvalue weighted by molar-refractivity contribution is 7.88. The molecule has 2 aromatic rings. The van der Waals surface area contributed by atoms with Crippen LogP contribution in [-0.2, 0) is 28.9 Å². The average molecular weight is 332 g/mol. The monoisotopic (exact) mass is 332 g/mol. The fourth-order valence-electron chi connectivity index (χ4n) is 2.41. The van der Waals surface area contributed by atoms with Gasteiger partial charge in [0.1, 0.15) is 0 Å². The zero-order chi connectivity index (χ0) is 16.7. The van der Waals surface area contributed by atoms with Crippen molar-refractivity contribution in [2.45, 2.75) is 38.7 Å². The van der Waals surface area contributed by atoms with Crippen molar-refractivity contribution in [2.24, 2.45) is 0 Å². The maximum Gasteiger partial charge on any atom is 0.216 e. The number of hydrogen-bond acceptors (Lipinski definition) is 3. The first-order valence-corrected chi connectivity index (χ1v) is 9.43. The van der Waals surface area contributed by atoms with Crippen LogP contribution in [0.3, 0.4) is 0 Å². The first kappa shape index (κ1) is 17.7. The predicted octanol–water partition coefficient (Wildman–Crippen LogP) is 2.80. The highest BCUT2D eigenvalue weighted by Gasteiger charge is 2.15. The van der Waals surface area contributed by atoms with Gasteiger partial charge in [-0.3, -0.25) is 0 Å². The quantitative estimate of drug-likeness (QED) is 0.781. The molecule has 2 aromatic carbocycles. The maximum atomic E-state index is 12.1. The summed E-state index contributed by atoms with van der Waals surface area (Å²) in [5.74, 6) is 0.00830. The summed E-state index contributed by atoms with van der Waals surface area (Å²) in [6.07, 6.45) is 0. The SMILES string of the molecule is CC(C)NS(=O)(=O)Cc1ccccc1CNCc1ccccc1. The van der Waals surface area contributed by atoms with Gasteiger partial charge in [-0.2, -0.15) is 0 Å².